The van der Waals surface area contributed by atoms with Gasteiger partial charge in [0.1, 0.15) is 11.9 Å². The normalized spacial score (nSPS) is 38.0. The monoisotopic (exact) mass is 271 g/mol. The van der Waals surface area contributed by atoms with Crippen molar-refractivity contribution in [2.75, 3.05) is 6.54 Å². The molecule has 20 heavy (non-hydrogen) atoms. The van der Waals surface area contributed by atoms with Crippen LogP contribution in [-0.4, -0.2) is 12.6 Å². The Morgan fingerprint density at radius 3 is 2.95 bits per heavy atom. The van der Waals surface area contributed by atoms with Crippen LogP contribution in [0.1, 0.15) is 43.2 Å². The first-order valence-corrected chi connectivity index (χ1v) is 8.15. The third-order valence-electron chi connectivity index (χ3n) is 6.10. The molecule has 4 atom stereocenters. The Kier molecular flexibility index (Phi) is 2.85. The van der Waals surface area contributed by atoms with Crippen LogP contribution in [0.3, 0.4) is 0 Å². The van der Waals surface area contributed by atoms with Gasteiger partial charge in [0, 0.05) is 6.42 Å². The number of ether oxygens (including phenoxy) is 1. The minimum atomic E-state index is 0.356. The standard InChI is InChI=1S/C18H25NO/c1-12-2-5-17-14(6-12)8-16(20-17)10-18(11-19)9-13-3-4-15(18)7-13/h2,5-6,13,15-16H,3-4,7-11,19H2,1H3. The Hall–Kier alpha value is -1.02. The van der Waals surface area contributed by atoms with Crippen LogP contribution in [0.25, 0.3) is 0 Å². The van der Waals surface area contributed by atoms with Gasteiger partial charge in [-0.1, -0.05) is 24.1 Å². The molecule has 2 saturated carbocycles. The molecular formula is C18H25NO. The fourth-order valence-corrected chi connectivity index (χ4v) is 5.16. The molecule has 2 heteroatoms. The maximum atomic E-state index is 6.21. The zero-order chi connectivity index (χ0) is 13.7. The van der Waals surface area contributed by atoms with Gasteiger partial charge < -0.3 is 10.5 Å². The van der Waals surface area contributed by atoms with Gasteiger partial charge in [0.2, 0.25) is 0 Å². The van der Waals surface area contributed by atoms with Crippen LogP contribution in [-0.2, 0) is 6.42 Å². The van der Waals surface area contributed by atoms with Crippen LogP contribution in [0.15, 0.2) is 18.2 Å². The molecule has 0 aromatic heterocycles. The minimum Gasteiger partial charge on any atom is -0.490 e. The van der Waals surface area contributed by atoms with E-state index in [1.807, 2.05) is 0 Å². The molecule has 0 saturated heterocycles. The Morgan fingerprint density at radius 2 is 2.25 bits per heavy atom. The number of rotatable bonds is 3. The van der Waals surface area contributed by atoms with Crippen LogP contribution in [0.2, 0.25) is 0 Å². The summed E-state index contributed by atoms with van der Waals surface area (Å²) in [5, 5.41) is 0. The number of fused-ring (bicyclic) bond motifs is 3. The van der Waals surface area contributed by atoms with Gasteiger partial charge in [0.25, 0.3) is 0 Å². The molecule has 4 rings (SSSR count). The number of benzene rings is 1. The summed E-state index contributed by atoms with van der Waals surface area (Å²) in [6.07, 6.45) is 8.22. The van der Waals surface area contributed by atoms with Gasteiger partial charge in [-0.05, 0) is 68.0 Å². The van der Waals surface area contributed by atoms with Crippen molar-refractivity contribution < 1.29 is 4.74 Å². The first kappa shape index (κ1) is 12.7. The molecule has 1 aliphatic heterocycles. The smallest absolute Gasteiger partial charge is 0.123 e. The molecule has 1 aromatic carbocycles. The summed E-state index contributed by atoms with van der Waals surface area (Å²) in [5.74, 6) is 2.93. The third kappa shape index (κ3) is 1.88. The summed E-state index contributed by atoms with van der Waals surface area (Å²) in [6.45, 7) is 3.01. The molecule has 2 bridgehead atoms. The van der Waals surface area contributed by atoms with Gasteiger partial charge in [0.15, 0.2) is 0 Å². The summed E-state index contributed by atoms with van der Waals surface area (Å²) in [5.41, 5.74) is 9.32. The van der Waals surface area contributed by atoms with E-state index in [4.69, 9.17) is 10.5 Å². The van der Waals surface area contributed by atoms with Gasteiger partial charge in [-0.15, -0.1) is 0 Å². The molecule has 1 aromatic rings. The lowest BCUT2D eigenvalue weighted by molar-refractivity contribution is 0.0876. The number of hydrogen-bond donors (Lipinski definition) is 1. The minimum absolute atomic E-state index is 0.356. The van der Waals surface area contributed by atoms with Gasteiger partial charge in [0.05, 0.1) is 0 Å². The number of nitrogens with two attached hydrogens (primary N) is 1. The average molecular weight is 271 g/mol. The highest BCUT2D eigenvalue weighted by Gasteiger charge is 2.51. The Bertz CT molecular complexity index is 526. The van der Waals surface area contributed by atoms with Crippen molar-refractivity contribution in [3.05, 3.63) is 29.3 Å². The first-order chi connectivity index (χ1) is 9.68. The maximum absolute atomic E-state index is 6.21. The van der Waals surface area contributed by atoms with E-state index < -0.39 is 0 Å². The van der Waals surface area contributed by atoms with E-state index >= 15 is 0 Å². The van der Waals surface area contributed by atoms with Crippen molar-refractivity contribution in [1.29, 1.82) is 0 Å². The Labute approximate surface area is 121 Å². The van der Waals surface area contributed by atoms with Crippen LogP contribution >= 0.6 is 0 Å². The Morgan fingerprint density at radius 1 is 1.35 bits per heavy atom. The predicted molar refractivity (Wildman–Crippen MR) is 80.9 cm³/mol. The number of hydrogen-bond acceptors (Lipinski definition) is 2. The van der Waals surface area contributed by atoms with Gasteiger partial charge >= 0.3 is 0 Å². The van der Waals surface area contributed by atoms with E-state index in [1.54, 1.807) is 0 Å². The summed E-state index contributed by atoms with van der Waals surface area (Å²) < 4.78 is 6.20. The van der Waals surface area contributed by atoms with E-state index in [2.05, 4.69) is 25.1 Å². The molecule has 4 unspecified atom stereocenters. The fourth-order valence-electron chi connectivity index (χ4n) is 5.16. The van der Waals surface area contributed by atoms with Crippen LogP contribution in [0.5, 0.6) is 5.75 Å². The lowest BCUT2D eigenvalue weighted by atomic mass is 9.69. The largest absolute Gasteiger partial charge is 0.490 e. The van der Waals surface area contributed by atoms with Gasteiger partial charge in [-0.3, -0.25) is 0 Å². The first-order valence-electron chi connectivity index (χ1n) is 8.15. The number of aryl methyl sites for hydroxylation is 1. The van der Waals surface area contributed by atoms with Crippen LogP contribution in [0, 0.1) is 24.2 Å². The molecule has 0 amide bonds. The van der Waals surface area contributed by atoms with Crippen molar-refractivity contribution in [2.45, 2.75) is 51.6 Å². The SMILES string of the molecule is Cc1ccc2c(c1)CC(CC1(CN)CC3CCC1C3)O2. The quantitative estimate of drug-likeness (QED) is 0.914. The second kappa shape index (κ2) is 4.49. The fraction of sp³-hybridized carbons (Fsp3) is 0.667. The average Bonchev–Trinajstić information content (AvgIpc) is 3.11. The summed E-state index contributed by atoms with van der Waals surface area (Å²) in [6, 6.07) is 6.57. The molecular weight excluding hydrogens is 246 g/mol. The Balaban J connectivity index is 1.51. The van der Waals surface area contributed by atoms with Crippen LogP contribution < -0.4 is 10.5 Å². The summed E-state index contributed by atoms with van der Waals surface area (Å²) >= 11 is 0. The molecule has 1 heterocycles. The lowest BCUT2D eigenvalue weighted by Crippen LogP contribution is -2.40. The zero-order valence-electron chi connectivity index (χ0n) is 12.4. The zero-order valence-corrected chi connectivity index (χ0v) is 12.4. The molecule has 0 radical (unpaired) electrons. The van der Waals surface area contributed by atoms with Crippen molar-refractivity contribution in [2.24, 2.45) is 23.0 Å². The van der Waals surface area contributed by atoms with E-state index in [0.717, 1.165) is 30.6 Å². The van der Waals surface area contributed by atoms with Crippen molar-refractivity contribution >= 4 is 0 Å². The third-order valence-corrected chi connectivity index (χ3v) is 6.10. The van der Waals surface area contributed by atoms with Crippen molar-refractivity contribution in [3.8, 4) is 5.75 Å². The van der Waals surface area contributed by atoms with E-state index in [9.17, 15) is 0 Å². The second-order valence-electron chi connectivity index (χ2n) is 7.41. The second-order valence-corrected chi connectivity index (χ2v) is 7.41. The van der Waals surface area contributed by atoms with Gasteiger partial charge in [-0.2, -0.15) is 0 Å². The highest BCUT2D eigenvalue weighted by Crippen LogP contribution is 2.58. The van der Waals surface area contributed by atoms with E-state index in [0.29, 0.717) is 11.5 Å². The molecule has 0 spiro atoms. The summed E-state index contributed by atoms with van der Waals surface area (Å²) in [7, 11) is 0. The van der Waals surface area contributed by atoms with E-state index in [1.165, 1.54) is 43.2 Å². The molecule has 108 valence electrons. The van der Waals surface area contributed by atoms with E-state index in [-0.39, 0.29) is 0 Å². The topological polar surface area (TPSA) is 35.2 Å². The highest BCUT2D eigenvalue weighted by molar-refractivity contribution is 5.40. The molecule has 2 N–H and O–H groups in total. The van der Waals surface area contributed by atoms with Gasteiger partial charge in [-0.25, -0.2) is 0 Å². The molecule has 2 fully saturated rings. The van der Waals surface area contributed by atoms with Crippen molar-refractivity contribution in [3.63, 3.8) is 0 Å². The highest BCUT2D eigenvalue weighted by atomic mass is 16.5. The predicted octanol–water partition coefficient (Wildman–Crippen LogP) is 3.45. The summed E-state index contributed by atoms with van der Waals surface area (Å²) in [4.78, 5) is 0. The molecule has 2 nitrogen and oxygen atoms in total. The molecule has 3 aliphatic rings. The van der Waals surface area contributed by atoms with Crippen molar-refractivity contribution in [1.82, 2.24) is 0 Å². The van der Waals surface area contributed by atoms with Crippen LogP contribution in [0.4, 0.5) is 0 Å². The maximum Gasteiger partial charge on any atom is 0.123 e. The lowest BCUT2D eigenvalue weighted by Gasteiger charge is -2.38. The molecule has 2 aliphatic carbocycles.